The van der Waals surface area contributed by atoms with Crippen molar-refractivity contribution < 1.29 is 0 Å². The fourth-order valence-electron chi connectivity index (χ4n) is 5.11. The Balaban J connectivity index is 1.02. The van der Waals surface area contributed by atoms with Gasteiger partial charge in [-0.1, -0.05) is 24.3 Å². The number of aryl methyl sites for hydroxylation is 2. The molecule has 1 saturated heterocycles. The number of nitrogens with zero attached hydrogens (tertiary/aromatic N) is 9. The smallest absolute Gasteiger partial charge is 0.182 e. The predicted molar refractivity (Wildman–Crippen MR) is 137 cm³/mol. The number of aromatic amines is 1. The first kappa shape index (κ1) is 22.6. The van der Waals surface area contributed by atoms with Gasteiger partial charge in [0.1, 0.15) is 12.7 Å². The Kier molecular flexibility index (Phi) is 6.27. The lowest BCUT2D eigenvalue weighted by atomic mass is 10.1. The molecule has 36 heavy (non-hydrogen) atoms. The summed E-state index contributed by atoms with van der Waals surface area (Å²) in [5.74, 6) is 0.815. The minimum absolute atomic E-state index is 0.815. The minimum Gasteiger partial charge on any atom is -0.361 e. The first-order valence-corrected chi connectivity index (χ1v) is 12.4. The molecule has 2 aromatic carbocycles. The van der Waals surface area contributed by atoms with Crippen LogP contribution >= 0.6 is 0 Å². The van der Waals surface area contributed by atoms with Crippen LogP contribution in [0.3, 0.4) is 0 Å². The standard InChI is InChI=1S/C26H30N10/c1-33-26(30-31-32-33)23-7-3-2-5-21(23)17-35-13-11-34(12-14-35)10-4-6-20-16-27-25-9-8-22(15-24(20)25)36-18-28-29-19-36/h2-3,5,7-9,15-16,18-19,27H,4,6,10-14,17H2,1H3. The van der Waals surface area contributed by atoms with Gasteiger partial charge in [0, 0.05) is 68.1 Å². The van der Waals surface area contributed by atoms with Crippen LogP contribution in [-0.2, 0) is 20.0 Å². The number of rotatable bonds is 8. The summed E-state index contributed by atoms with van der Waals surface area (Å²) in [6, 6.07) is 14.9. The zero-order chi connectivity index (χ0) is 24.3. The van der Waals surface area contributed by atoms with Gasteiger partial charge in [-0.25, -0.2) is 4.68 Å². The maximum absolute atomic E-state index is 4.21. The van der Waals surface area contributed by atoms with Gasteiger partial charge in [0.15, 0.2) is 5.82 Å². The fourth-order valence-corrected chi connectivity index (χ4v) is 5.11. The molecule has 1 aliphatic heterocycles. The Morgan fingerprint density at radius 2 is 1.72 bits per heavy atom. The van der Waals surface area contributed by atoms with Gasteiger partial charge < -0.3 is 9.88 Å². The molecule has 0 bridgehead atoms. The number of aromatic nitrogens is 8. The van der Waals surface area contributed by atoms with Gasteiger partial charge in [0.05, 0.1) is 0 Å². The third-order valence-electron chi connectivity index (χ3n) is 7.13. The maximum atomic E-state index is 4.21. The second-order valence-electron chi connectivity index (χ2n) is 9.42. The molecular formula is C26H30N10. The van der Waals surface area contributed by atoms with Crippen LogP contribution in [0.1, 0.15) is 17.5 Å². The van der Waals surface area contributed by atoms with E-state index in [4.69, 9.17) is 0 Å². The number of hydrogen-bond donors (Lipinski definition) is 1. The van der Waals surface area contributed by atoms with E-state index in [1.807, 2.05) is 11.6 Å². The van der Waals surface area contributed by atoms with Crippen LogP contribution < -0.4 is 0 Å². The largest absolute Gasteiger partial charge is 0.361 e. The van der Waals surface area contributed by atoms with Gasteiger partial charge in [-0.05, 0) is 59.1 Å². The Bertz CT molecular complexity index is 1430. The summed E-state index contributed by atoms with van der Waals surface area (Å²) in [6.07, 6.45) is 7.83. The minimum atomic E-state index is 0.815. The number of nitrogens with one attached hydrogen (secondary N) is 1. The molecule has 0 atom stereocenters. The molecule has 4 heterocycles. The molecule has 5 aromatic rings. The van der Waals surface area contributed by atoms with E-state index in [-0.39, 0.29) is 0 Å². The van der Waals surface area contributed by atoms with Gasteiger partial charge in [-0.2, -0.15) is 0 Å². The highest BCUT2D eigenvalue weighted by Gasteiger charge is 2.19. The molecule has 0 spiro atoms. The normalized spacial score (nSPS) is 15.1. The lowest BCUT2D eigenvalue weighted by molar-refractivity contribution is 0.126. The van der Waals surface area contributed by atoms with Gasteiger partial charge in [-0.15, -0.1) is 15.3 Å². The number of benzene rings is 2. The summed E-state index contributed by atoms with van der Waals surface area (Å²) >= 11 is 0. The molecule has 0 radical (unpaired) electrons. The second kappa shape index (κ2) is 10.00. The average Bonchev–Trinajstić information content (AvgIpc) is 3.67. The fraction of sp³-hybridized carbons (Fsp3) is 0.346. The van der Waals surface area contributed by atoms with Crippen LogP contribution in [-0.4, -0.2) is 82.5 Å². The Labute approximate surface area is 209 Å². The van der Waals surface area contributed by atoms with Crippen LogP contribution in [0.5, 0.6) is 0 Å². The number of piperazine rings is 1. The number of hydrogen-bond acceptors (Lipinski definition) is 7. The summed E-state index contributed by atoms with van der Waals surface area (Å²) in [4.78, 5) is 8.54. The van der Waals surface area contributed by atoms with Crippen molar-refractivity contribution in [1.29, 1.82) is 0 Å². The van der Waals surface area contributed by atoms with Gasteiger partial charge in [0.25, 0.3) is 0 Å². The van der Waals surface area contributed by atoms with Crippen LogP contribution in [0.2, 0.25) is 0 Å². The first-order chi connectivity index (χ1) is 17.7. The molecule has 1 fully saturated rings. The van der Waals surface area contributed by atoms with Crippen LogP contribution in [0, 0.1) is 0 Å². The summed E-state index contributed by atoms with van der Waals surface area (Å²) in [6.45, 7) is 6.37. The van der Waals surface area contributed by atoms with Gasteiger partial charge in [0.2, 0.25) is 0 Å². The molecule has 10 heteroatoms. The van der Waals surface area contributed by atoms with E-state index in [0.29, 0.717) is 0 Å². The lowest BCUT2D eigenvalue weighted by Crippen LogP contribution is -2.46. The second-order valence-corrected chi connectivity index (χ2v) is 9.42. The van der Waals surface area contributed by atoms with E-state index in [1.165, 1.54) is 22.0 Å². The molecule has 0 amide bonds. The van der Waals surface area contributed by atoms with Crippen LogP contribution in [0.4, 0.5) is 0 Å². The van der Waals surface area contributed by atoms with E-state index in [9.17, 15) is 0 Å². The third-order valence-corrected chi connectivity index (χ3v) is 7.13. The van der Waals surface area contributed by atoms with Crippen molar-refractivity contribution in [1.82, 2.24) is 49.8 Å². The highest BCUT2D eigenvalue weighted by Crippen LogP contribution is 2.24. The van der Waals surface area contributed by atoms with E-state index in [0.717, 1.165) is 69.2 Å². The van der Waals surface area contributed by atoms with Gasteiger partial charge >= 0.3 is 0 Å². The van der Waals surface area contributed by atoms with Gasteiger partial charge in [-0.3, -0.25) is 9.47 Å². The van der Waals surface area contributed by atoms with Crippen molar-refractivity contribution in [2.75, 3.05) is 32.7 Å². The molecule has 10 nitrogen and oxygen atoms in total. The van der Waals surface area contributed by atoms with E-state index >= 15 is 0 Å². The highest BCUT2D eigenvalue weighted by molar-refractivity contribution is 5.85. The summed E-state index contributed by atoms with van der Waals surface area (Å²) in [5.41, 5.74) is 6.01. The molecule has 0 unspecified atom stereocenters. The predicted octanol–water partition coefficient (Wildman–Crippen LogP) is 2.69. The lowest BCUT2D eigenvalue weighted by Gasteiger charge is -2.35. The molecule has 1 aliphatic rings. The molecule has 3 aromatic heterocycles. The zero-order valence-electron chi connectivity index (χ0n) is 20.5. The Hall–Kier alpha value is -3.89. The number of fused-ring (bicyclic) bond motifs is 1. The van der Waals surface area contributed by atoms with Crippen molar-refractivity contribution in [3.8, 4) is 17.1 Å². The highest BCUT2D eigenvalue weighted by atomic mass is 15.5. The summed E-state index contributed by atoms with van der Waals surface area (Å²) in [5, 5.41) is 21.1. The SMILES string of the molecule is Cn1nnnc1-c1ccccc1CN1CCN(CCCc2c[nH]c3ccc(-n4cnnc4)cc23)CC1. The third kappa shape index (κ3) is 4.65. The van der Waals surface area contributed by atoms with Crippen molar-refractivity contribution in [2.24, 2.45) is 7.05 Å². The molecular weight excluding hydrogens is 452 g/mol. The monoisotopic (exact) mass is 482 g/mol. The van der Waals surface area contributed by atoms with E-state index in [1.54, 1.807) is 17.3 Å². The number of H-pyrrole nitrogens is 1. The van der Waals surface area contributed by atoms with Crippen molar-refractivity contribution in [2.45, 2.75) is 19.4 Å². The Morgan fingerprint density at radius 3 is 2.53 bits per heavy atom. The van der Waals surface area contributed by atoms with E-state index < -0.39 is 0 Å². The van der Waals surface area contributed by atoms with Crippen LogP contribution in [0.15, 0.2) is 61.3 Å². The van der Waals surface area contributed by atoms with E-state index in [2.05, 4.69) is 89.2 Å². The molecule has 1 N–H and O–H groups in total. The van der Waals surface area contributed by atoms with Crippen molar-refractivity contribution in [3.05, 3.63) is 72.4 Å². The maximum Gasteiger partial charge on any atom is 0.182 e. The summed E-state index contributed by atoms with van der Waals surface area (Å²) in [7, 11) is 1.89. The van der Waals surface area contributed by atoms with Crippen molar-refractivity contribution >= 4 is 10.9 Å². The molecule has 6 rings (SSSR count). The molecule has 0 aliphatic carbocycles. The quantitative estimate of drug-likeness (QED) is 0.363. The molecule has 0 saturated carbocycles. The average molecular weight is 483 g/mol. The topological polar surface area (TPSA) is 96.6 Å². The summed E-state index contributed by atoms with van der Waals surface area (Å²) < 4.78 is 3.68. The van der Waals surface area contributed by atoms with Crippen molar-refractivity contribution in [3.63, 3.8) is 0 Å². The number of tetrazole rings is 1. The molecule has 184 valence electrons. The van der Waals surface area contributed by atoms with Crippen LogP contribution in [0.25, 0.3) is 28.0 Å². The zero-order valence-corrected chi connectivity index (χ0v) is 20.5. The first-order valence-electron chi connectivity index (χ1n) is 12.4. The Morgan fingerprint density at radius 1 is 0.917 bits per heavy atom.